The molecule has 0 aromatic carbocycles. The Bertz CT molecular complexity index is 703. The van der Waals surface area contributed by atoms with Crippen LogP contribution in [0.15, 0.2) is 22.6 Å². The van der Waals surface area contributed by atoms with Gasteiger partial charge in [0.05, 0.1) is 17.8 Å². The molecule has 0 bridgehead atoms. The predicted octanol–water partition coefficient (Wildman–Crippen LogP) is 2.34. The van der Waals surface area contributed by atoms with E-state index < -0.39 is 0 Å². The minimum absolute atomic E-state index is 0.0115. The van der Waals surface area contributed by atoms with Crippen molar-refractivity contribution in [2.24, 2.45) is 7.05 Å². The lowest BCUT2D eigenvalue weighted by Crippen LogP contribution is -2.40. The molecule has 0 spiro atoms. The second kappa shape index (κ2) is 6.20. The van der Waals surface area contributed by atoms with Crippen molar-refractivity contribution < 1.29 is 9.21 Å². The topological polar surface area (TPSA) is 63.3 Å². The number of aromatic nitrogens is 2. The van der Waals surface area contributed by atoms with Gasteiger partial charge < -0.3 is 4.42 Å². The summed E-state index contributed by atoms with van der Waals surface area (Å²) < 4.78 is 7.54. The second-order valence-electron chi connectivity index (χ2n) is 6.14. The van der Waals surface area contributed by atoms with Gasteiger partial charge in [-0.05, 0) is 32.4 Å². The Morgan fingerprint density at radius 2 is 2.26 bits per heavy atom. The Kier molecular flexibility index (Phi) is 4.26. The molecule has 1 amide bonds. The highest BCUT2D eigenvalue weighted by Crippen LogP contribution is 2.24. The zero-order valence-electron chi connectivity index (χ0n) is 14.2. The SMILES string of the molecule is CCc1ccc(C(C)NC2CCN(c3cc(C)nn3C)C2=O)o1. The summed E-state index contributed by atoms with van der Waals surface area (Å²) in [5.74, 6) is 2.81. The summed E-state index contributed by atoms with van der Waals surface area (Å²) in [4.78, 5) is 14.5. The summed E-state index contributed by atoms with van der Waals surface area (Å²) in [7, 11) is 1.87. The van der Waals surface area contributed by atoms with Crippen molar-refractivity contribution in [1.82, 2.24) is 15.1 Å². The molecule has 23 heavy (non-hydrogen) atoms. The van der Waals surface area contributed by atoms with Crippen molar-refractivity contribution in [1.29, 1.82) is 0 Å². The first-order chi connectivity index (χ1) is 11.0. The van der Waals surface area contributed by atoms with Crippen molar-refractivity contribution in [2.45, 2.75) is 45.7 Å². The molecular formula is C17H24N4O2. The first-order valence-corrected chi connectivity index (χ1v) is 8.16. The first kappa shape index (κ1) is 15.8. The van der Waals surface area contributed by atoms with E-state index in [0.717, 1.165) is 35.9 Å². The van der Waals surface area contributed by atoms with Gasteiger partial charge >= 0.3 is 0 Å². The molecule has 2 atom stereocenters. The van der Waals surface area contributed by atoms with Crippen LogP contribution in [-0.4, -0.2) is 28.3 Å². The molecule has 3 heterocycles. The van der Waals surface area contributed by atoms with Crippen LogP contribution < -0.4 is 10.2 Å². The van der Waals surface area contributed by atoms with Crippen LogP contribution in [0.2, 0.25) is 0 Å². The van der Waals surface area contributed by atoms with Gasteiger partial charge in [-0.2, -0.15) is 5.10 Å². The molecule has 6 nitrogen and oxygen atoms in total. The van der Waals surface area contributed by atoms with Crippen molar-refractivity contribution in [2.75, 3.05) is 11.4 Å². The zero-order chi connectivity index (χ0) is 16.6. The summed E-state index contributed by atoms with van der Waals surface area (Å²) in [6.45, 7) is 6.74. The Balaban J connectivity index is 1.68. The number of furan rings is 1. The third-order valence-electron chi connectivity index (χ3n) is 4.37. The summed E-state index contributed by atoms with van der Waals surface area (Å²) in [5.41, 5.74) is 0.919. The molecule has 2 aromatic heterocycles. The average molecular weight is 316 g/mol. The lowest BCUT2D eigenvalue weighted by molar-refractivity contribution is -0.119. The van der Waals surface area contributed by atoms with Gasteiger partial charge in [0.2, 0.25) is 5.91 Å². The standard InChI is InChI=1S/C17H24N4O2/c1-5-13-6-7-15(23-13)12(3)18-14-8-9-21(17(14)22)16-10-11(2)19-20(16)4/h6-7,10,12,14,18H,5,8-9H2,1-4H3. The summed E-state index contributed by atoms with van der Waals surface area (Å²) >= 11 is 0. The largest absolute Gasteiger partial charge is 0.464 e. The fraction of sp³-hybridized carbons (Fsp3) is 0.529. The Labute approximate surface area is 136 Å². The first-order valence-electron chi connectivity index (χ1n) is 8.16. The maximum Gasteiger partial charge on any atom is 0.245 e. The highest BCUT2D eigenvalue weighted by atomic mass is 16.3. The molecule has 1 saturated heterocycles. The van der Waals surface area contributed by atoms with Crippen LogP contribution in [0.5, 0.6) is 0 Å². The van der Waals surface area contributed by atoms with E-state index in [4.69, 9.17) is 4.42 Å². The van der Waals surface area contributed by atoms with Crippen LogP contribution in [-0.2, 0) is 18.3 Å². The van der Waals surface area contributed by atoms with E-state index in [1.54, 1.807) is 4.68 Å². The molecule has 1 N–H and O–H groups in total. The average Bonchev–Trinajstić information content (AvgIpc) is 3.20. The van der Waals surface area contributed by atoms with Gasteiger partial charge in [-0.1, -0.05) is 6.92 Å². The minimum Gasteiger partial charge on any atom is -0.464 e. The second-order valence-corrected chi connectivity index (χ2v) is 6.14. The van der Waals surface area contributed by atoms with E-state index in [1.807, 2.05) is 44.0 Å². The number of hydrogen-bond acceptors (Lipinski definition) is 4. The number of nitrogens with one attached hydrogen (secondary N) is 1. The van der Waals surface area contributed by atoms with Gasteiger partial charge in [0.15, 0.2) is 0 Å². The van der Waals surface area contributed by atoms with E-state index in [1.165, 1.54) is 0 Å². The van der Waals surface area contributed by atoms with Gasteiger partial charge in [-0.3, -0.25) is 19.7 Å². The van der Waals surface area contributed by atoms with Gasteiger partial charge in [-0.25, -0.2) is 0 Å². The van der Waals surface area contributed by atoms with Crippen LogP contribution in [0.3, 0.4) is 0 Å². The van der Waals surface area contributed by atoms with Gasteiger partial charge in [0, 0.05) is 26.1 Å². The van der Waals surface area contributed by atoms with Gasteiger partial charge in [-0.15, -0.1) is 0 Å². The van der Waals surface area contributed by atoms with E-state index in [0.29, 0.717) is 6.54 Å². The van der Waals surface area contributed by atoms with Crippen molar-refractivity contribution in [3.05, 3.63) is 35.4 Å². The Morgan fingerprint density at radius 1 is 1.48 bits per heavy atom. The number of aryl methyl sites for hydroxylation is 3. The smallest absolute Gasteiger partial charge is 0.245 e. The van der Waals surface area contributed by atoms with Crippen molar-refractivity contribution >= 4 is 11.7 Å². The van der Waals surface area contributed by atoms with Crippen LogP contribution in [0.4, 0.5) is 5.82 Å². The summed E-state index contributed by atoms with van der Waals surface area (Å²) in [6.07, 6.45) is 1.66. The lowest BCUT2D eigenvalue weighted by atomic mass is 10.2. The highest BCUT2D eigenvalue weighted by molar-refractivity contribution is 5.98. The van der Waals surface area contributed by atoms with Gasteiger partial charge in [0.25, 0.3) is 0 Å². The number of rotatable bonds is 5. The molecule has 0 saturated carbocycles. The number of carbonyl (C=O) groups excluding carboxylic acids is 1. The molecule has 2 unspecified atom stereocenters. The molecule has 1 aliphatic rings. The molecule has 6 heteroatoms. The van der Waals surface area contributed by atoms with E-state index in [2.05, 4.69) is 17.3 Å². The third-order valence-corrected chi connectivity index (χ3v) is 4.37. The lowest BCUT2D eigenvalue weighted by Gasteiger charge is -2.19. The van der Waals surface area contributed by atoms with E-state index in [-0.39, 0.29) is 18.0 Å². The van der Waals surface area contributed by atoms with Crippen LogP contribution in [0.25, 0.3) is 0 Å². The molecule has 124 valence electrons. The normalized spacial score (nSPS) is 19.6. The number of hydrogen-bond donors (Lipinski definition) is 1. The summed E-state index contributed by atoms with van der Waals surface area (Å²) in [6, 6.07) is 5.75. The summed E-state index contributed by atoms with van der Waals surface area (Å²) in [5, 5.41) is 7.72. The number of amides is 1. The quantitative estimate of drug-likeness (QED) is 0.919. The zero-order valence-corrected chi connectivity index (χ0v) is 14.2. The maximum atomic E-state index is 12.7. The molecule has 1 aliphatic heterocycles. The highest BCUT2D eigenvalue weighted by Gasteiger charge is 2.35. The minimum atomic E-state index is -0.185. The molecule has 0 aliphatic carbocycles. The number of carbonyl (C=O) groups is 1. The Morgan fingerprint density at radius 3 is 2.87 bits per heavy atom. The molecule has 1 fully saturated rings. The van der Waals surface area contributed by atoms with E-state index in [9.17, 15) is 4.79 Å². The van der Waals surface area contributed by atoms with Crippen LogP contribution >= 0.6 is 0 Å². The fourth-order valence-corrected chi connectivity index (χ4v) is 3.11. The molecule has 3 rings (SSSR count). The predicted molar refractivity (Wildman–Crippen MR) is 88.3 cm³/mol. The van der Waals surface area contributed by atoms with Crippen molar-refractivity contribution in [3.8, 4) is 0 Å². The van der Waals surface area contributed by atoms with Crippen LogP contribution in [0, 0.1) is 6.92 Å². The number of nitrogens with zero attached hydrogens (tertiary/aromatic N) is 3. The Hall–Kier alpha value is -2.08. The third kappa shape index (κ3) is 3.03. The monoisotopic (exact) mass is 316 g/mol. The fourth-order valence-electron chi connectivity index (χ4n) is 3.11. The molecular weight excluding hydrogens is 292 g/mol. The van der Waals surface area contributed by atoms with Gasteiger partial charge in [0.1, 0.15) is 17.3 Å². The van der Waals surface area contributed by atoms with Crippen LogP contribution in [0.1, 0.15) is 43.5 Å². The molecule has 2 aromatic rings. The number of anilines is 1. The molecule has 0 radical (unpaired) electrons. The van der Waals surface area contributed by atoms with E-state index >= 15 is 0 Å². The maximum absolute atomic E-state index is 12.7. The van der Waals surface area contributed by atoms with Crippen molar-refractivity contribution in [3.63, 3.8) is 0 Å².